The van der Waals surface area contributed by atoms with E-state index in [4.69, 9.17) is 9.47 Å². The van der Waals surface area contributed by atoms with Crippen LogP contribution in [0.1, 0.15) is 43.4 Å². The fourth-order valence-corrected chi connectivity index (χ4v) is 3.40. The topological polar surface area (TPSA) is 47.6 Å². The molecule has 0 radical (unpaired) electrons. The molecule has 0 saturated heterocycles. The van der Waals surface area contributed by atoms with Crippen molar-refractivity contribution in [3.8, 4) is 11.5 Å². The molecule has 3 aromatic rings. The maximum Gasteiger partial charge on any atom is 0.230 e. The van der Waals surface area contributed by atoms with Gasteiger partial charge in [-0.3, -0.25) is 4.79 Å². The number of amides is 1. The Kier molecular flexibility index (Phi) is 7.93. The smallest absolute Gasteiger partial charge is 0.230 e. The van der Waals surface area contributed by atoms with Crippen molar-refractivity contribution < 1.29 is 14.3 Å². The molecule has 0 bridgehead atoms. The molecule has 0 saturated carbocycles. The number of benzene rings is 3. The van der Waals surface area contributed by atoms with Crippen LogP contribution in [0.25, 0.3) is 0 Å². The van der Waals surface area contributed by atoms with Crippen LogP contribution in [0.3, 0.4) is 0 Å². The van der Waals surface area contributed by atoms with Gasteiger partial charge in [0.05, 0.1) is 12.3 Å². The molecule has 3 aromatic carbocycles. The molecule has 0 fully saturated rings. The highest BCUT2D eigenvalue weighted by Gasteiger charge is 2.28. The summed E-state index contributed by atoms with van der Waals surface area (Å²) in [5.41, 5.74) is 3.54. The molecule has 4 nitrogen and oxygen atoms in total. The number of ether oxygens (including phenoxy) is 2. The number of anilines is 1. The van der Waals surface area contributed by atoms with Gasteiger partial charge in [-0.15, -0.1) is 0 Å². The quantitative estimate of drug-likeness (QED) is 0.363. The minimum atomic E-state index is -0.530. The molecule has 0 aliphatic rings. The predicted molar refractivity (Wildman–Crippen MR) is 130 cm³/mol. The van der Waals surface area contributed by atoms with Crippen LogP contribution in [0.4, 0.5) is 5.69 Å². The summed E-state index contributed by atoms with van der Waals surface area (Å²) in [4.78, 5) is 13.0. The molecule has 0 unspecified atom stereocenters. The zero-order valence-corrected chi connectivity index (χ0v) is 19.5. The molecule has 0 aliphatic carbocycles. The van der Waals surface area contributed by atoms with Gasteiger partial charge < -0.3 is 14.8 Å². The third kappa shape index (κ3) is 6.61. The summed E-state index contributed by atoms with van der Waals surface area (Å²) < 4.78 is 11.9. The third-order valence-corrected chi connectivity index (χ3v) is 5.53. The second-order valence-electron chi connectivity index (χ2n) is 8.83. The molecule has 32 heavy (non-hydrogen) atoms. The van der Waals surface area contributed by atoms with Gasteiger partial charge in [0.1, 0.15) is 18.1 Å². The fourth-order valence-electron chi connectivity index (χ4n) is 3.40. The lowest BCUT2D eigenvalue weighted by atomic mass is 9.87. The summed E-state index contributed by atoms with van der Waals surface area (Å²) in [6.45, 7) is 9.07. The van der Waals surface area contributed by atoms with Crippen LogP contribution in [0, 0.1) is 19.3 Å². The van der Waals surface area contributed by atoms with Crippen molar-refractivity contribution in [2.24, 2.45) is 5.41 Å². The first-order valence-corrected chi connectivity index (χ1v) is 11.1. The average molecular weight is 432 g/mol. The average Bonchev–Trinajstić information content (AvgIpc) is 2.79. The number of carbonyl (C=O) groups excluding carboxylic acids is 1. The molecule has 1 amide bonds. The van der Waals surface area contributed by atoms with Gasteiger partial charge in [0.15, 0.2) is 0 Å². The van der Waals surface area contributed by atoms with Gasteiger partial charge in [-0.1, -0.05) is 68.4 Å². The number of hydrogen-bond acceptors (Lipinski definition) is 3. The van der Waals surface area contributed by atoms with Gasteiger partial charge in [0, 0.05) is 5.41 Å². The van der Waals surface area contributed by atoms with E-state index in [1.165, 1.54) is 5.56 Å². The molecular formula is C28H33NO3. The molecular weight excluding hydrogens is 398 g/mol. The van der Waals surface area contributed by atoms with Crippen molar-refractivity contribution >= 4 is 11.6 Å². The van der Waals surface area contributed by atoms with Crippen LogP contribution in [-0.2, 0) is 11.4 Å². The normalized spacial score (nSPS) is 11.1. The molecule has 0 heterocycles. The van der Waals surface area contributed by atoms with Gasteiger partial charge in [-0.25, -0.2) is 0 Å². The van der Waals surface area contributed by atoms with E-state index < -0.39 is 5.41 Å². The van der Waals surface area contributed by atoms with Crippen molar-refractivity contribution in [3.05, 3.63) is 89.5 Å². The highest BCUT2D eigenvalue weighted by Crippen LogP contribution is 2.30. The summed E-state index contributed by atoms with van der Waals surface area (Å²) in [6, 6.07) is 23.7. The first-order chi connectivity index (χ1) is 15.3. The second kappa shape index (κ2) is 10.9. The van der Waals surface area contributed by atoms with Crippen LogP contribution >= 0.6 is 0 Å². The Morgan fingerprint density at radius 3 is 2.38 bits per heavy atom. The second-order valence-corrected chi connectivity index (χ2v) is 8.83. The lowest BCUT2D eigenvalue weighted by Crippen LogP contribution is -2.31. The Morgan fingerprint density at radius 2 is 1.59 bits per heavy atom. The number of aryl methyl sites for hydroxylation is 2. The lowest BCUT2D eigenvalue weighted by Gasteiger charge is -2.24. The Morgan fingerprint density at radius 1 is 0.875 bits per heavy atom. The number of hydrogen-bond donors (Lipinski definition) is 1. The van der Waals surface area contributed by atoms with Gasteiger partial charge in [0.2, 0.25) is 5.91 Å². The molecule has 1 N–H and O–H groups in total. The van der Waals surface area contributed by atoms with Gasteiger partial charge in [0.25, 0.3) is 0 Å². The fraction of sp³-hybridized carbons (Fsp3) is 0.321. The first kappa shape index (κ1) is 23.4. The van der Waals surface area contributed by atoms with Gasteiger partial charge >= 0.3 is 0 Å². The van der Waals surface area contributed by atoms with E-state index in [1.54, 1.807) is 0 Å². The molecule has 0 aliphatic heterocycles. The standard InChI is InChI=1S/C28H33NO3/c1-21-15-16-22(2)26(19-21)31-18-10-17-28(3,4)27(30)29-24-13-8-9-14-25(24)32-20-23-11-6-5-7-12-23/h5-9,11-16,19H,10,17-18,20H2,1-4H3,(H,29,30). The minimum absolute atomic E-state index is 0.0278. The van der Waals surface area contributed by atoms with E-state index in [0.717, 1.165) is 29.7 Å². The van der Waals surface area contributed by atoms with E-state index in [1.807, 2.05) is 75.4 Å². The molecule has 168 valence electrons. The lowest BCUT2D eigenvalue weighted by molar-refractivity contribution is -0.124. The summed E-state index contributed by atoms with van der Waals surface area (Å²) in [5.74, 6) is 1.55. The van der Waals surface area contributed by atoms with E-state index >= 15 is 0 Å². The van der Waals surface area contributed by atoms with Crippen LogP contribution in [0.2, 0.25) is 0 Å². The molecule has 0 spiro atoms. The van der Waals surface area contributed by atoms with Crippen molar-refractivity contribution in [2.75, 3.05) is 11.9 Å². The minimum Gasteiger partial charge on any atom is -0.493 e. The van der Waals surface area contributed by atoms with Crippen molar-refractivity contribution in [3.63, 3.8) is 0 Å². The predicted octanol–water partition coefficient (Wildman–Crippen LogP) is 6.71. The molecule has 0 aromatic heterocycles. The van der Waals surface area contributed by atoms with E-state index in [0.29, 0.717) is 24.7 Å². The number of rotatable bonds is 10. The molecule has 4 heteroatoms. The summed E-state index contributed by atoms with van der Waals surface area (Å²) >= 11 is 0. The summed E-state index contributed by atoms with van der Waals surface area (Å²) in [5, 5.41) is 3.06. The highest BCUT2D eigenvalue weighted by atomic mass is 16.5. The van der Waals surface area contributed by atoms with Gasteiger partial charge in [-0.05, 0) is 61.6 Å². The number of carbonyl (C=O) groups is 1. The maximum atomic E-state index is 13.0. The molecule has 3 rings (SSSR count). The largest absolute Gasteiger partial charge is 0.493 e. The SMILES string of the molecule is Cc1ccc(C)c(OCCCC(C)(C)C(=O)Nc2ccccc2OCc2ccccc2)c1. The molecule has 0 atom stereocenters. The van der Waals surface area contributed by atoms with Crippen LogP contribution in [0.15, 0.2) is 72.8 Å². The Bertz CT molecular complexity index is 1030. The number of nitrogens with one attached hydrogen (secondary N) is 1. The van der Waals surface area contributed by atoms with E-state index in [2.05, 4.69) is 30.4 Å². The van der Waals surface area contributed by atoms with Crippen molar-refractivity contribution in [2.45, 2.75) is 47.1 Å². The van der Waals surface area contributed by atoms with Crippen LogP contribution < -0.4 is 14.8 Å². The zero-order chi connectivity index (χ0) is 23.0. The van der Waals surface area contributed by atoms with Crippen LogP contribution in [-0.4, -0.2) is 12.5 Å². The van der Waals surface area contributed by atoms with Crippen LogP contribution in [0.5, 0.6) is 11.5 Å². The third-order valence-electron chi connectivity index (χ3n) is 5.53. The number of para-hydroxylation sites is 2. The van der Waals surface area contributed by atoms with E-state index in [9.17, 15) is 4.79 Å². The Labute approximate surface area is 191 Å². The monoisotopic (exact) mass is 431 g/mol. The zero-order valence-electron chi connectivity index (χ0n) is 19.5. The summed E-state index contributed by atoms with van der Waals surface area (Å²) in [6.07, 6.45) is 1.51. The van der Waals surface area contributed by atoms with Gasteiger partial charge in [-0.2, -0.15) is 0 Å². The summed E-state index contributed by atoms with van der Waals surface area (Å²) in [7, 11) is 0. The maximum absolute atomic E-state index is 13.0. The van der Waals surface area contributed by atoms with Crippen molar-refractivity contribution in [1.29, 1.82) is 0 Å². The van der Waals surface area contributed by atoms with Crippen molar-refractivity contribution in [1.82, 2.24) is 0 Å². The Hall–Kier alpha value is -3.27. The highest BCUT2D eigenvalue weighted by molar-refractivity contribution is 5.96. The Balaban J connectivity index is 1.53. The van der Waals surface area contributed by atoms with E-state index in [-0.39, 0.29) is 5.91 Å². The first-order valence-electron chi connectivity index (χ1n) is 11.1.